The lowest BCUT2D eigenvalue weighted by molar-refractivity contribution is 0.134. The SMILES string of the molecule is COc1ccc(CN2C[C@@H](C)C[C@H](C)C2)cc1OC. The van der Waals surface area contributed by atoms with E-state index in [-0.39, 0.29) is 0 Å². The van der Waals surface area contributed by atoms with Gasteiger partial charge in [-0.15, -0.1) is 0 Å². The minimum absolute atomic E-state index is 0.795. The molecule has 1 aliphatic heterocycles. The summed E-state index contributed by atoms with van der Waals surface area (Å²) in [7, 11) is 3.36. The highest BCUT2D eigenvalue weighted by Crippen LogP contribution is 2.29. The molecule has 0 unspecified atom stereocenters. The van der Waals surface area contributed by atoms with E-state index in [1.54, 1.807) is 14.2 Å². The van der Waals surface area contributed by atoms with Crippen LogP contribution >= 0.6 is 0 Å². The van der Waals surface area contributed by atoms with Crippen LogP contribution in [0.25, 0.3) is 0 Å². The maximum Gasteiger partial charge on any atom is 0.161 e. The highest BCUT2D eigenvalue weighted by molar-refractivity contribution is 5.42. The van der Waals surface area contributed by atoms with Gasteiger partial charge in [-0.2, -0.15) is 0 Å². The minimum atomic E-state index is 0.795. The Morgan fingerprint density at radius 2 is 1.68 bits per heavy atom. The Balaban J connectivity index is 2.06. The van der Waals surface area contributed by atoms with Crippen molar-refractivity contribution in [3.05, 3.63) is 23.8 Å². The molecule has 1 aromatic carbocycles. The average Bonchev–Trinajstić information content (AvgIpc) is 2.37. The monoisotopic (exact) mass is 263 g/mol. The molecule has 2 atom stereocenters. The zero-order chi connectivity index (χ0) is 13.8. The maximum absolute atomic E-state index is 5.36. The number of piperidine rings is 1. The molecule has 0 spiro atoms. The number of methoxy groups -OCH3 is 2. The molecule has 1 saturated heterocycles. The zero-order valence-electron chi connectivity index (χ0n) is 12.5. The topological polar surface area (TPSA) is 21.7 Å². The fourth-order valence-electron chi connectivity index (χ4n) is 3.16. The quantitative estimate of drug-likeness (QED) is 0.833. The van der Waals surface area contributed by atoms with Gasteiger partial charge < -0.3 is 9.47 Å². The van der Waals surface area contributed by atoms with Crippen molar-refractivity contribution in [3.8, 4) is 11.5 Å². The van der Waals surface area contributed by atoms with Crippen molar-refractivity contribution < 1.29 is 9.47 Å². The Bertz CT molecular complexity index is 409. The molecule has 1 aliphatic rings. The van der Waals surface area contributed by atoms with E-state index in [1.807, 2.05) is 6.07 Å². The number of ether oxygens (including phenoxy) is 2. The van der Waals surface area contributed by atoms with Crippen molar-refractivity contribution in [2.75, 3.05) is 27.3 Å². The standard InChI is InChI=1S/C16H25NO2/c1-12-7-13(2)10-17(9-12)11-14-5-6-15(18-3)16(8-14)19-4/h5-6,8,12-13H,7,9-11H2,1-4H3/t12-,13-/m0/s1. The van der Waals surface area contributed by atoms with Crippen LogP contribution in [0.5, 0.6) is 11.5 Å². The molecule has 19 heavy (non-hydrogen) atoms. The Labute approximate surface area is 116 Å². The van der Waals surface area contributed by atoms with Gasteiger partial charge in [0.25, 0.3) is 0 Å². The van der Waals surface area contributed by atoms with Gasteiger partial charge >= 0.3 is 0 Å². The van der Waals surface area contributed by atoms with Crippen LogP contribution in [0.1, 0.15) is 25.8 Å². The molecule has 2 rings (SSSR count). The Morgan fingerprint density at radius 1 is 1.05 bits per heavy atom. The van der Waals surface area contributed by atoms with E-state index in [2.05, 4.69) is 30.9 Å². The first-order chi connectivity index (χ1) is 9.12. The van der Waals surface area contributed by atoms with Gasteiger partial charge in [-0.05, 0) is 36.0 Å². The number of nitrogens with zero attached hydrogens (tertiary/aromatic N) is 1. The van der Waals surface area contributed by atoms with Crippen LogP contribution in [0.2, 0.25) is 0 Å². The molecular formula is C16H25NO2. The second-order valence-corrected chi connectivity index (χ2v) is 5.83. The first kappa shape index (κ1) is 14.2. The third-order valence-electron chi connectivity index (χ3n) is 3.80. The van der Waals surface area contributed by atoms with Gasteiger partial charge in [-0.3, -0.25) is 4.90 Å². The first-order valence-electron chi connectivity index (χ1n) is 7.05. The summed E-state index contributed by atoms with van der Waals surface area (Å²) in [5.74, 6) is 3.21. The molecule has 3 heteroatoms. The summed E-state index contributed by atoms with van der Waals surface area (Å²) in [4.78, 5) is 2.54. The van der Waals surface area contributed by atoms with Gasteiger partial charge in [-0.1, -0.05) is 19.9 Å². The molecule has 0 N–H and O–H groups in total. The van der Waals surface area contributed by atoms with E-state index < -0.39 is 0 Å². The third-order valence-corrected chi connectivity index (χ3v) is 3.80. The number of likely N-dealkylation sites (tertiary alicyclic amines) is 1. The van der Waals surface area contributed by atoms with E-state index >= 15 is 0 Å². The minimum Gasteiger partial charge on any atom is -0.493 e. The van der Waals surface area contributed by atoms with E-state index in [0.717, 1.165) is 29.9 Å². The molecule has 0 radical (unpaired) electrons. The van der Waals surface area contributed by atoms with Crippen LogP contribution in [0, 0.1) is 11.8 Å². The van der Waals surface area contributed by atoms with Crippen LogP contribution in [0.3, 0.4) is 0 Å². The van der Waals surface area contributed by atoms with Crippen molar-refractivity contribution in [2.24, 2.45) is 11.8 Å². The molecule has 1 fully saturated rings. The summed E-state index contributed by atoms with van der Waals surface area (Å²) < 4.78 is 10.6. The van der Waals surface area contributed by atoms with Gasteiger partial charge in [0.15, 0.2) is 11.5 Å². The second-order valence-electron chi connectivity index (χ2n) is 5.83. The number of rotatable bonds is 4. The van der Waals surface area contributed by atoms with Crippen molar-refractivity contribution in [1.29, 1.82) is 0 Å². The second kappa shape index (κ2) is 6.29. The van der Waals surface area contributed by atoms with Crippen molar-refractivity contribution >= 4 is 0 Å². The third kappa shape index (κ3) is 3.63. The first-order valence-corrected chi connectivity index (χ1v) is 7.05. The van der Waals surface area contributed by atoms with Crippen molar-refractivity contribution in [1.82, 2.24) is 4.90 Å². The normalized spacial score (nSPS) is 24.2. The van der Waals surface area contributed by atoms with E-state index in [9.17, 15) is 0 Å². The fraction of sp³-hybridized carbons (Fsp3) is 0.625. The Kier molecular flexibility index (Phi) is 4.70. The predicted octanol–water partition coefficient (Wildman–Crippen LogP) is 3.18. The fourth-order valence-corrected chi connectivity index (χ4v) is 3.16. The molecule has 0 saturated carbocycles. The van der Waals surface area contributed by atoms with E-state index in [1.165, 1.54) is 25.1 Å². The molecule has 1 aromatic rings. The summed E-state index contributed by atoms with van der Waals surface area (Å²) in [6.45, 7) is 8.07. The van der Waals surface area contributed by atoms with Crippen LogP contribution in [0.4, 0.5) is 0 Å². The summed E-state index contributed by atoms with van der Waals surface area (Å²) >= 11 is 0. The van der Waals surface area contributed by atoms with Crippen LogP contribution in [-0.4, -0.2) is 32.2 Å². The molecule has 0 aromatic heterocycles. The number of hydrogen-bond acceptors (Lipinski definition) is 3. The smallest absolute Gasteiger partial charge is 0.161 e. The van der Waals surface area contributed by atoms with Gasteiger partial charge in [0, 0.05) is 19.6 Å². The summed E-state index contributed by atoms with van der Waals surface area (Å²) in [6, 6.07) is 6.21. The van der Waals surface area contributed by atoms with Crippen molar-refractivity contribution in [3.63, 3.8) is 0 Å². The molecule has 0 bridgehead atoms. The molecule has 0 amide bonds. The highest BCUT2D eigenvalue weighted by atomic mass is 16.5. The van der Waals surface area contributed by atoms with Gasteiger partial charge in [0.05, 0.1) is 14.2 Å². The van der Waals surface area contributed by atoms with E-state index in [0.29, 0.717) is 0 Å². The highest BCUT2D eigenvalue weighted by Gasteiger charge is 2.21. The average molecular weight is 263 g/mol. The van der Waals surface area contributed by atoms with Crippen LogP contribution in [-0.2, 0) is 6.54 Å². The van der Waals surface area contributed by atoms with Gasteiger partial charge in [0.2, 0.25) is 0 Å². The summed E-state index contributed by atoms with van der Waals surface area (Å²) in [5.41, 5.74) is 1.29. The van der Waals surface area contributed by atoms with Gasteiger partial charge in [-0.25, -0.2) is 0 Å². The largest absolute Gasteiger partial charge is 0.493 e. The van der Waals surface area contributed by atoms with E-state index in [4.69, 9.17) is 9.47 Å². The Hall–Kier alpha value is -1.22. The lowest BCUT2D eigenvalue weighted by Gasteiger charge is -2.35. The van der Waals surface area contributed by atoms with Gasteiger partial charge in [0.1, 0.15) is 0 Å². The number of benzene rings is 1. The lowest BCUT2D eigenvalue weighted by atomic mass is 9.91. The molecule has 0 aliphatic carbocycles. The summed E-state index contributed by atoms with van der Waals surface area (Å²) in [5, 5.41) is 0. The molecule has 1 heterocycles. The van der Waals surface area contributed by atoms with Crippen LogP contribution < -0.4 is 9.47 Å². The Morgan fingerprint density at radius 3 is 2.26 bits per heavy atom. The number of hydrogen-bond donors (Lipinski definition) is 0. The predicted molar refractivity (Wildman–Crippen MR) is 77.8 cm³/mol. The molecule has 3 nitrogen and oxygen atoms in total. The van der Waals surface area contributed by atoms with Crippen molar-refractivity contribution in [2.45, 2.75) is 26.8 Å². The molecule has 106 valence electrons. The zero-order valence-corrected chi connectivity index (χ0v) is 12.5. The maximum atomic E-state index is 5.36. The summed E-state index contributed by atoms with van der Waals surface area (Å²) in [6.07, 6.45) is 1.35. The molecular weight excluding hydrogens is 238 g/mol. The lowest BCUT2D eigenvalue weighted by Crippen LogP contribution is -2.38. The van der Waals surface area contributed by atoms with Crippen LogP contribution in [0.15, 0.2) is 18.2 Å².